The van der Waals surface area contributed by atoms with E-state index in [-0.39, 0.29) is 0 Å². The van der Waals surface area contributed by atoms with Crippen molar-refractivity contribution in [3.05, 3.63) is 42.0 Å². The number of hydrogen-bond acceptors (Lipinski definition) is 4. The number of anilines is 1. The molecule has 3 aliphatic rings. The number of aromatic nitrogens is 2. The van der Waals surface area contributed by atoms with Crippen molar-refractivity contribution in [3.8, 4) is 11.3 Å². The average Bonchev–Trinajstić information content (AvgIpc) is 2.66. The molecule has 24 heavy (non-hydrogen) atoms. The molecule has 3 saturated heterocycles. The predicted molar refractivity (Wildman–Crippen MR) is 98.0 cm³/mol. The Morgan fingerprint density at radius 1 is 1.04 bits per heavy atom. The first-order chi connectivity index (χ1) is 11.7. The van der Waals surface area contributed by atoms with Crippen molar-refractivity contribution in [2.45, 2.75) is 45.2 Å². The van der Waals surface area contributed by atoms with Crippen molar-refractivity contribution in [2.24, 2.45) is 5.92 Å². The number of benzene rings is 1. The molecule has 2 atom stereocenters. The van der Waals surface area contributed by atoms with Crippen molar-refractivity contribution < 1.29 is 0 Å². The third-order valence-electron chi connectivity index (χ3n) is 5.81. The third-order valence-corrected chi connectivity index (χ3v) is 5.81. The van der Waals surface area contributed by atoms with E-state index in [9.17, 15) is 0 Å². The predicted octanol–water partition coefficient (Wildman–Crippen LogP) is 3.60. The molecule has 4 heterocycles. The van der Waals surface area contributed by atoms with Gasteiger partial charge in [-0.1, -0.05) is 31.2 Å². The zero-order valence-electron chi connectivity index (χ0n) is 14.6. The molecule has 1 aromatic heterocycles. The van der Waals surface area contributed by atoms with Crippen molar-refractivity contribution in [1.29, 1.82) is 0 Å². The van der Waals surface area contributed by atoms with Crippen LogP contribution in [0.15, 0.2) is 36.4 Å². The molecular formula is C20H26N4. The summed E-state index contributed by atoms with van der Waals surface area (Å²) in [4.78, 5) is 2.59. The number of rotatable bonds is 4. The summed E-state index contributed by atoms with van der Waals surface area (Å²) in [6.45, 7) is 7.01. The maximum Gasteiger partial charge on any atom is 0.148 e. The van der Waals surface area contributed by atoms with Crippen LogP contribution in [-0.2, 0) is 6.42 Å². The highest BCUT2D eigenvalue weighted by molar-refractivity contribution is 5.60. The summed E-state index contributed by atoms with van der Waals surface area (Å²) in [7, 11) is 0. The molecule has 2 aromatic rings. The minimum atomic E-state index is 0.497. The number of piperidine rings is 3. The van der Waals surface area contributed by atoms with Crippen LogP contribution in [0.25, 0.3) is 11.3 Å². The highest BCUT2D eigenvalue weighted by Gasteiger charge is 2.39. The summed E-state index contributed by atoms with van der Waals surface area (Å²) in [6.07, 6.45) is 3.67. The summed E-state index contributed by atoms with van der Waals surface area (Å²) in [6, 6.07) is 13.8. The monoisotopic (exact) mass is 322 g/mol. The van der Waals surface area contributed by atoms with Gasteiger partial charge in [-0.15, -0.1) is 10.2 Å². The lowest BCUT2D eigenvalue weighted by molar-refractivity contribution is 0.0457. The van der Waals surface area contributed by atoms with Crippen LogP contribution in [0.3, 0.4) is 0 Å². The highest BCUT2D eigenvalue weighted by Crippen LogP contribution is 2.33. The fraction of sp³-hybridized carbons (Fsp3) is 0.500. The second-order valence-electron chi connectivity index (χ2n) is 7.14. The lowest BCUT2D eigenvalue weighted by atomic mass is 9.79. The molecule has 3 aliphatic heterocycles. The Kier molecular flexibility index (Phi) is 4.23. The zero-order chi connectivity index (χ0) is 16.5. The molecule has 4 nitrogen and oxygen atoms in total. The Morgan fingerprint density at radius 2 is 1.79 bits per heavy atom. The van der Waals surface area contributed by atoms with E-state index in [1.165, 1.54) is 31.5 Å². The molecule has 0 saturated carbocycles. The van der Waals surface area contributed by atoms with Crippen LogP contribution in [0.2, 0.25) is 0 Å². The first kappa shape index (κ1) is 15.6. The summed E-state index contributed by atoms with van der Waals surface area (Å²) < 4.78 is 0. The van der Waals surface area contributed by atoms with Crippen molar-refractivity contribution in [2.75, 3.05) is 18.4 Å². The zero-order valence-corrected chi connectivity index (χ0v) is 14.6. The second-order valence-corrected chi connectivity index (χ2v) is 7.14. The van der Waals surface area contributed by atoms with Crippen LogP contribution in [0.4, 0.5) is 5.82 Å². The molecule has 1 N–H and O–H groups in total. The number of nitrogens with one attached hydrogen (secondary N) is 1. The maximum atomic E-state index is 4.43. The van der Waals surface area contributed by atoms with Gasteiger partial charge in [-0.05, 0) is 62.9 Å². The van der Waals surface area contributed by atoms with E-state index in [0.29, 0.717) is 12.1 Å². The van der Waals surface area contributed by atoms with Crippen molar-refractivity contribution >= 4 is 5.82 Å². The van der Waals surface area contributed by atoms with Gasteiger partial charge in [-0.2, -0.15) is 0 Å². The van der Waals surface area contributed by atoms with Crippen LogP contribution in [0.1, 0.15) is 32.3 Å². The van der Waals surface area contributed by atoms with Crippen LogP contribution in [0.5, 0.6) is 0 Å². The first-order valence-electron chi connectivity index (χ1n) is 9.18. The molecule has 4 heteroatoms. The molecule has 0 radical (unpaired) electrons. The average molecular weight is 322 g/mol. The Morgan fingerprint density at radius 3 is 2.38 bits per heavy atom. The van der Waals surface area contributed by atoms with E-state index in [1.807, 2.05) is 0 Å². The lowest BCUT2D eigenvalue weighted by Gasteiger charge is -2.50. The van der Waals surface area contributed by atoms with E-state index in [4.69, 9.17) is 0 Å². The molecule has 0 spiro atoms. The molecular weight excluding hydrogens is 296 g/mol. The van der Waals surface area contributed by atoms with Gasteiger partial charge in [0.05, 0.1) is 5.69 Å². The molecule has 126 valence electrons. The number of nitrogens with zero attached hydrogens (tertiary/aromatic N) is 3. The summed E-state index contributed by atoms with van der Waals surface area (Å²) >= 11 is 0. The number of hydrogen-bond donors (Lipinski definition) is 1. The van der Waals surface area contributed by atoms with E-state index in [0.717, 1.165) is 29.4 Å². The molecule has 0 aliphatic carbocycles. The summed E-state index contributed by atoms with van der Waals surface area (Å²) in [5, 5.41) is 12.5. The van der Waals surface area contributed by atoms with Gasteiger partial charge in [0.1, 0.15) is 5.82 Å². The minimum absolute atomic E-state index is 0.497. The van der Waals surface area contributed by atoms with E-state index < -0.39 is 0 Å². The van der Waals surface area contributed by atoms with Gasteiger partial charge in [0.15, 0.2) is 0 Å². The van der Waals surface area contributed by atoms with E-state index in [2.05, 4.69) is 70.7 Å². The van der Waals surface area contributed by atoms with Gasteiger partial charge in [0.25, 0.3) is 0 Å². The molecule has 3 fully saturated rings. The largest absolute Gasteiger partial charge is 0.364 e. The SMILES string of the molecule is CCc1ccc(-c2ccc(NC3C4CCN(CC4)C3C)nn2)cc1. The Labute approximate surface area is 144 Å². The van der Waals surface area contributed by atoms with Crippen molar-refractivity contribution in [3.63, 3.8) is 0 Å². The summed E-state index contributed by atoms with van der Waals surface area (Å²) in [5.74, 6) is 1.67. The van der Waals surface area contributed by atoms with Crippen molar-refractivity contribution in [1.82, 2.24) is 15.1 Å². The Balaban J connectivity index is 1.47. The van der Waals surface area contributed by atoms with Crippen LogP contribution in [0, 0.1) is 5.92 Å². The normalized spacial score (nSPS) is 28.8. The van der Waals surface area contributed by atoms with Gasteiger partial charge in [0, 0.05) is 17.6 Å². The van der Waals surface area contributed by atoms with E-state index in [1.54, 1.807) is 0 Å². The third kappa shape index (κ3) is 2.91. The standard InChI is InChI=1S/C20H26N4/c1-3-15-4-6-16(7-5-15)18-8-9-19(23-22-18)21-20-14(2)24-12-10-17(20)11-13-24/h4-9,14,17,20H,3,10-13H2,1-2H3,(H,21,23). The molecule has 1 aromatic carbocycles. The molecule has 5 rings (SSSR count). The van der Waals surface area contributed by atoms with Gasteiger partial charge in [-0.25, -0.2) is 0 Å². The lowest BCUT2D eigenvalue weighted by Crippen LogP contribution is -2.59. The Hall–Kier alpha value is -1.94. The number of fused-ring (bicyclic) bond motifs is 3. The topological polar surface area (TPSA) is 41.0 Å². The molecule has 0 amide bonds. The van der Waals surface area contributed by atoms with Gasteiger partial charge in [-0.3, -0.25) is 4.90 Å². The maximum absolute atomic E-state index is 4.43. The first-order valence-corrected chi connectivity index (χ1v) is 9.18. The van der Waals surface area contributed by atoms with Crippen LogP contribution < -0.4 is 5.32 Å². The molecule has 2 bridgehead atoms. The second kappa shape index (κ2) is 6.52. The van der Waals surface area contributed by atoms with E-state index >= 15 is 0 Å². The van der Waals surface area contributed by atoms with Gasteiger partial charge >= 0.3 is 0 Å². The molecule has 2 unspecified atom stereocenters. The fourth-order valence-electron chi connectivity index (χ4n) is 4.19. The fourth-order valence-corrected chi connectivity index (χ4v) is 4.19. The quantitative estimate of drug-likeness (QED) is 0.934. The smallest absolute Gasteiger partial charge is 0.148 e. The van der Waals surface area contributed by atoms with Crippen LogP contribution >= 0.6 is 0 Å². The van der Waals surface area contributed by atoms with Gasteiger partial charge < -0.3 is 5.32 Å². The minimum Gasteiger partial charge on any atom is -0.364 e. The van der Waals surface area contributed by atoms with Gasteiger partial charge in [0.2, 0.25) is 0 Å². The summed E-state index contributed by atoms with van der Waals surface area (Å²) in [5.41, 5.74) is 3.41. The Bertz CT molecular complexity index is 670. The van der Waals surface area contributed by atoms with Crippen LogP contribution in [-0.4, -0.2) is 40.3 Å². The highest BCUT2D eigenvalue weighted by atomic mass is 15.2. The number of aryl methyl sites for hydroxylation is 1.